The molecule has 0 heterocycles. The molecule has 1 aliphatic rings. The maximum absolute atomic E-state index is 6.12. The molecule has 1 fully saturated rings. The molecular weight excluding hydrogens is 441 g/mol. The Balaban J connectivity index is 0.00000264. The van der Waals surface area contributed by atoms with Gasteiger partial charge in [0.15, 0.2) is 5.96 Å². The lowest BCUT2D eigenvalue weighted by atomic mass is 9.96. The summed E-state index contributed by atoms with van der Waals surface area (Å²) in [7, 11) is 1.83. The molecule has 1 saturated carbocycles. The van der Waals surface area contributed by atoms with Gasteiger partial charge in [0, 0.05) is 30.6 Å². The van der Waals surface area contributed by atoms with Crippen LogP contribution >= 0.6 is 47.3 Å². The molecule has 1 aromatic rings. The maximum Gasteiger partial charge on any atom is 0.191 e. The molecule has 3 nitrogen and oxygen atoms in total. The Hall–Kier alpha value is -0.140. The van der Waals surface area contributed by atoms with Crippen LogP contribution < -0.4 is 10.6 Å². The monoisotopic (exact) mass is 467 g/mol. The lowest BCUT2D eigenvalue weighted by molar-refractivity contribution is 0.641. The molecule has 0 unspecified atom stereocenters. The highest BCUT2D eigenvalue weighted by Gasteiger charge is 2.44. The Bertz CT molecular complexity index is 506. The van der Waals surface area contributed by atoms with Crippen molar-refractivity contribution in [2.75, 3.05) is 32.1 Å². The molecule has 1 aromatic carbocycles. The van der Waals surface area contributed by atoms with Crippen LogP contribution in [0.4, 0.5) is 0 Å². The van der Waals surface area contributed by atoms with Crippen LogP contribution in [0.3, 0.4) is 0 Å². The molecule has 0 atom stereocenters. The number of nitrogens with one attached hydrogen (secondary N) is 2. The number of guanidine groups is 1. The summed E-state index contributed by atoms with van der Waals surface area (Å²) in [6.07, 6.45) is 7.01. The SMILES string of the molecule is CN=C(NCCCCSC)NCC1(c2cccc(Cl)c2)CC1.I. The molecule has 2 N–H and O–H groups in total. The second-order valence-electron chi connectivity index (χ2n) is 5.84. The fraction of sp³-hybridized carbons (Fsp3) is 0.588. The summed E-state index contributed by atoms with van der Waals surface area (Å²) in [6.45, 7) is 1.89. The lowest BCUT2D eigenvalue weighted by Gasteiger charge is -2.19. The molecule has 0 spiro atoms. The first-order valence-corrected chi connectivity index (χ1v) is 9.67. The van der Waals surface area contributed by atoms with Gasteiger partial charge in [-0.15, -0.1) is 24.0 Å². The smallest absolute Gasteiger partial charge is 0.191 e. The van der Waals surface area contributed by atoms with Crippen molar-refractivity contribution in [3.8, 4) is 0 Å². The highest BCUT2D eigenvalue weighted by Crippen LogP contribution is 2.48. The number of rotatable bonds is 8. The molecule has 130 valence electrons. The maximum atomic E-state index is 6.12. The van der Waals surface area contributed by atoms with Crippen molar-refractivity contribution in [2.24, 2.45) is 4.99 Å². The molecule has 1 aliphatic carbocycles. The second kappa shape index (κ2) is 10.7. The topological polar surface area (TPSA) is 36.4 Å². The van der Waals surface area contributed by atoms with Crippen LogP contribution in [0, 0.1) is 0 Å². The summed E-state index contributed by atoms with van der Waals surface area (Å²) < 4.78 is 0. The van der Waals surface area contributed by atoms with Crippen LogP contribution in [0.2, 0.25) is 5.02 Å². The number of halogens is 2. The van der Waals surface area contributed by atoms with E-state index in [-0.39, 0.29) is 29.4 Å². The average molecular weight is 468 g/mol. The van der Waals surface area contributed by atoms with Gasteiger partial charge in [0.1, 0.15) is 0 Å². The Morgan fingerprint density at radius 1 is 1.30 bits per heavy atom. The zero-order valence-corrected chi connectivity index (χ0v) is 17.8. The van der Waals surface area contributed by atoms with Crippen molar-refractivity contribution < 1.29 is 0 Å². The summed E-state index contributed by atoms with van der Waals surface area (Å²) in [4.78, 5) is 4.31. The molecule has 2 rings (SSSR count). The quantitative estimate of drug-likeness (QED) is 0.259. The highest BCUT2D eigenvalue weighted by atomic mass is 127. The van der Waals surface area contributed by atoms with Gasteiger partial charge in [-0.2, -0.15) is 11.8 Å². The van der Waals surface area contributed by atoms with E-state index < -0.39 is 0 Å². The molecule has 0 radical (unpaired) electrons. The molecule has 0 saturated heterocycles. The van der Waals surface area contributed by atoms with Crippen LogP contribution in [0.15, 0.2) is 29.3 Å². The van der Waals surface area contributed by atoms with E-state index in [1.807, 2.05) is 30.9 Å². The summed E-state index contributed by atoms with van der Waals surface area (Å²) in [5, 5.41) is 7.69. The molecule has 0 amide bonds. The lowest BCUT2D eigenvalue weighted by Crippen LogP contribution is -2.41. The second-order valence-corrected chi connectivity index (χ2v) is 7.27. The van der Waals surface area contributed by atoms with Gasteiger partial charge in [-0.3, -0.25) is 4.99 Å². The van der Waals surface area contributed by atoms with Gasteiger partial charge < -0.3 is 10.6 Å². The summed E-state index contributed by atoms with van der Waals surface area (Å²) in [5.41, 5.74) is 1.57. The largest absolute Gasteiger partial charge is 0.356 e. The Morgan fingerprint density at radius 2 is 2.09 bits per heavy atom. The summed E-state index contributed by atoms with van der Waals surface area (Å²) in [6, 6.07) is 8.24. The minimum atomic E-state index is 0. The van der Waals surface area contributed by atoms with Gasteiger partial charge in [0.05, 0.1) is 0 Å². The van der Waals surface area contributed by atoms with E-state index in [1.54, 1.807) is 0 Å². The van der Waals surface area contributed by atoms with E-state index in [4.69, 9.17) is 11.6 Å². The summed E-state index contributed by atoms with van der Waals surface area (Å²) >= 11 is 8.02. The summed E-state index contributed by atoms with van der Waals surface area (Å²) in [5.74, 6) is 2.13. The van der Waals surface area contributed by atoms with Crippen molar-refractivity contribution in [3.63, 3.8) is 0 Å². The van der Waals surface area contributed by atoms with E-state index in [9.17, 15) is 0 Å². The molecule has 0 bridgehead atoms. The van der Waals surface area contributed by atoms with Gasteiger partial charge in [-0.05, 0) is 55.4 Å². The standard InChI is InChI=1S/C17H26ClN3S.HI/c1-19-16(20-10-3-4-11-22-2)21-13-17(8-9-17)14-6-5-7-15(18)12-14;/h5-7,12H,3-4,8-11,13H2,1-2H3,(H2,19,20,21);1H. The van der Waals surface area contributed by atoms with Crippen LogP contribution in [0.1, 0.15) is 31.2 Å². The van der Waals surface area contributed by atoms with Gasteiger partial charge in [0.25, 0.3) is 0 Å². The third-order valence-corrected chi connectivity index (χ3v) is 5.11. The van der Waals surface area contributed by atoms with Crippen LogP contribution in [0.5, 0.6) is 0 Å². The number of unbranched alkanes of at least 4 members (excludes halogenated alkanes) is 1. The number of benzene rings is 1. The molecule has 0 aliphatic heterocycles. The van der Waals surface area contributed by atoms with Crippen molar-refractivity contribution in [1.29, 1.82) is 0 Å². The van der Waals surface area contributed by atoms with Crippen LogP contribution in [-0.4, -0.2) is 38.1 Å². The van der Waals surface area contributed by atoms with Crippen molar-refractivity contribution in [2.45, 2.75) is 31.1 Å². The van der Waals surface area contributed by atoms with E-state index in [1.165, 1.54) is 37.0 Å². The number of thioether (sulfide) groups is 1. The third kappa shape index (κ3) is 6.70. The fourth-order valence-electron chi connectivity index (χ4n) is 2.59. The predicted molar refractivity (Wildman–Crippen MR) is 115 cm³/mol. The Labute approximate surface area is 166 Å². The van der Waals surface area contributed by atoms with E-state index in [2.05, 4.69) is 34.0 Å². The van der Waals surface area contributed by atoms with Gasteiger partial charge in [-0.25, -0.2) is 0 Å². The Kier molecular flexibility index (Phi) is 9.70. The van der Waals surface area contributed by atoms with Gasteiger partial charge in [0.2, 0.25) is 0 Å². The molecular formula is C17H27ClIN3S. The number of nitrogens with zero attached hydrogens (tertiary/aromatic N) is 1. The van der Waals surface area contributed by atoms with Gasteiger partial charge >= 0.3 is 0 Å². The van der Waals surface area contributed by atoms with Crippen molar-refractivity contribution in [1.82, 2.24) is 10.6 Å². The first kappa shape index (κ1) is 20.9. The van der Waals surface area contributed by atoms with E-state index >= 15 is 0 Å². The first-order valence-electron chi connectivity index (χ1n) is 7.90. The van der Waals surface area contributed by atoms with Crippen LogP contribution in [-0.2, 0) is 5.41 Å². The zero-order valence-electron chi connectivity index (χ0n) is 13.9. The van der Waals surface area contributed by atoms with Crippen LogP contribution in [0.25, 0.3) is 0 Å². The van der Waals surface area contributed by atoms with Crippen molar-refractivity contribution in [3.05, 3.63) is 34.9 Å². The number of aliphatic imine (C=N–C) groups is 1. The number of hydrogen-bond acceptors (Lipinski definition) is 2. The molecule has 0 aromatic heterocycles. The number of hydrogen-bond donors (Lipinski definition) is 2. The van der Waals surface area contributed by atoms with Crippen molar-refractivity contribution >= 4 is 53.3 Å². The first-order chi connectivity index (χ1) is 10.7. The highest BCUT2D eigenvalue weighted by molar-refractivity contribution is 14.0. The minimum Gasteiger partial charge on any atom is -0.356 e. The average Bonchev–Trinajstić information content (AvgIpc) is 3.31. The fourth-order valence-corrected chi connectivity index (χ4v) is 3.27. The predicted octanol–water partition coefficient (Wildman–Crippen LogP) is 4.30. The minimum absolute atomic E-state index is 0. The molecule has 6 heteroatoms. The zero-order chi connectivity index (χ0) is 15.8. The molecule has 23 heavy (non-hydrogen) atoms. The normalized spacial score (nSPS) is 15.7. The van der Waals surface area contributed by atoms with E-state index in [0.717, 1.165) is 24.1 Å². The van der Waals surface area contributed by atoms with E-state index in [0.29, 0.717) is 0 Å². The Morgan fingerprint density at radius 3 is 2.70 bits per heavy atom. The third-order valence-electron chi connectivity index (χ3n) is 4.18. The van der Waals surface area contributed by atoms with Gasteiger partial charge in [-0.1, -0.05) is 23.7 Å².